The molecule has 0 radical (unpaired) electrons. The van der Waals surface area contributed by atoms with Crippen LogP contribution in [0.25, 0.3) is 0 Å². The number of benzene rings is 3. The summed E-state index contributed by atoms with van der Waals surface area (Å²) in [6, 6.07) is 20.7. The van der Waals surface area contributed by atoms with Crippen LogP contribution < -0.4 is 44.9 Å². The third-order valence-corrected chi connectivity index (χ3v) is 4.87. The van der Waals surface area contributed by atoms with E-state index >= 15 is 0 Å². The average Bonchev–Trinajstić information content (AvgIpc) is 2.74. The van der Waals surface area contributed by atoms with Gasteiger partial charge in [0.1, 0.15) is 15.9 Å². The summed E-state index contributed by atoms with van der Waals surface area (Å²) in [6.45, 7) is 0. The summed E-state index contributed by atoms with van der Waals surface area (Å²) in [5.74, 6) is 0.123. The van der Waals surface area contributed by atoms with Gasteiger partial charge in [0, 0.05) is 11.3 Å². The van der Waals surface area contributed by atoms with Gasteiger partial charge in [-0.1, -0.05) is 30.3 Å². The Labute approximate surface area is 202 Å². The molecule has 3 aromatic carbocycles. The normalized spacial score (nSPS) is 11.2. The molecule has 0 spiro atoms. The van der Waals surface area contributed by atoms with Gasteiger partial charge in [-0.25, -0.2) is 13.4 Å². The molecule has 154 valence electrons. The zero-order chi connectivity index (χ0) is 21.6. The molecule has 1 amide bonds. The fourth-order valence-corrected chi connectivity index (χ4v) is 3.16. The van der Waals surface area contributed by atoms with Crippen LogP contribution >= 0.6 is 0 Å². The molecule has 0 unspecified atom stereocenters. The Kier molecular flexibility index (Phi) is 8.78. The Morgan fingerprint density at radius 3 is 2.16 bits per heavy atom. The summed E-state index contributed by atoms with van der Waals surface area (Å²) >= 11 is 0. The first-order valence-corrected chi connectivity index (χ1v) is 10.2. The van der Waals surface area contributed by atoms with E-state index in [1.54, 1.807) is 54.6 Å². The van der Waals surface area contributed by atoms with E-state index in [0.717, 1.165) is 6.07 Å². The molecule has 0 atom stereocenters. The predicted octanol–water partition coefficient (Wildman–Crippen LogP) is 0.133. The quantitative estimate of drug-likeness (QED) is 0.248. The summed E-state index contributed by atoms with van der Waals surface area (Å²) < 4.78 is 39.8. The van der Waals surface area contributed by atoms with Gasteiger partial charge in [0.25, 0.3) is 5.91 Å². The van der Waals surface area contributed by atoms with Crippen molar-refractivity contribution in [3.8, 4) is 5.75 Å². The number of ether oxygens (including phenoxy) is 1. The molecule has 0 aliphatic heterocycles. The summed E-state index contributed by atoms with van der Waals surface area (Å²) in [5.41, 5.74) is 0.841. The molecule has 0 bridgehead atoms. The van der Waals surface area contributed by atoms with E-state index in [1.165, 1.54) is 25.3 Å². The van der Waals surface area contributed by atoms with E-state index in [1.807, 2.05) is 0 Å². The van der Waals surface area contributed by atoms with Crippen molar-refractivity contribution in [2.45, 2.75) is 4.90 Å². The standard InChI is InChI=1S/C21H19N3O5S.Na/c1-29-17-13-11-16(12-14-17)22-21(24-20(25)15-7-3-2-4-8-15)23-18-9-5-6-10-19(18)30(26,27)28;/h2-14H,1H3,(H,26,27,28)(H2,22,23,24,25);/q;+1/p-1. The van der Waals surface area contributed by atoms with E-state index < -0.39 is 20.9 Å². The van der Waals surface area contributed by atoms with Crippen LogP contribution in [0.4, 0.5) is 11.4 Å². The van der Waals surface area contributed by atoms with Gasteiger partial charge in [-0.05, 0) is 48.5 Å². The Balaban J connectivity index is 0.00000341. The van der Waals surface area contributed by atoms with Gasteiger partial charge in [0.05, 0.1) is 17.7 Å². The Morgan fingerprint density at radius 1 is 0.935 bits per heavy atom. The number of hydrogen-bond donors (Lipinski definition) is 2. The third kappa shape index (κ3) is 6.91. The van der Waals surface area contributed by atoms with E-state index in [2.05, 4.69) is 15.6 Å². The molecule has 0 heterocycles. The molecular weight excluding hydrogens is 429 g/mol. The minimum absolute atomic E-state index is 0. The second-order valence-electron chi connectivity index (χ2n) is 6.06. The number of aliphatic imine (C=N–C) groups is 1. The van der Waals surface area contributed by atoms with Gasteiger partial charge in [-0.15, -0.1) is 0 Å². The number of carbonyl (C=O) groups is 1. The second kappa shape index (κ2) is 11.1. The maximum absolute atomic E-state index is 12.6. The summed E-state index contributed by atoms with van der Waals surface area (Å²) in [4.78, 5) is 16.3. The summed E-state index contributed by atoms with van der Waals surface area (Å²) in [5, 5.41) is 5.53. The maximum Gasteiger partial charge on any atom is 1.00 e. The van der Waals surface area contributed by atoms with Crippen molar-refractivity contribution >= 4 is 33.4 Å². The van der Waals surface area contributed by atoms with Crippen LogP contribution in [0.2, 0.25) is 0 Å². The third-order valence-electron chi connectivity index (χ3n) is 3.99. The molecule has 0 aromatic heterocycles. The fourth-order valence-electron chi connectivity index (χ4n) is 2.55. The Morgan fingerprint density at radius 2 is 1.55 bits per heavy atom. The van der Waals surface area contributed by atoms with E-state index in [4.69, 9.17) is 4.74 Å². The number of nitrogens with one attached hydrogen (secondary N) is 2. The minimum atomic E-state index is -4.76. The van der Waals surface area contributed by atoms with Crippen molar-refractivity contribution in [3.05, 3.63) is 84.4 Å². The number of guanidine groups is 1. The number of para-hydroxylation sites is 1. The maximum atomic E-state index is 12.6. The number of hydrogen-bond acceptors (Lipinski definition) is 6. The van der Waals surface area contributed by atoms with Crippen LogP contribution in [0.5, 0.6) is 5.75 Å². The predicted molar refractivity (Wildman–Crippen MR) is 112 cm³/mol. The summed E-state index contributed by atoms with van der Waals surface area (Å²) in [7, 11) is -3.22. The second-order valence-corrected chi connectivity index (χ2v) is 7.40. The Hall–Kier alpha value is -2.69. The Bertz CT molecular complexity index is 1170. The fraction of sp³-hybridized carbons (Fsp3) is 0.0476. The molecule has 0 saturated heterocycles. The first-order chi connectivity index (χ1) is 14.4. The van der Waals surface area contributed by atoms with Crippen molar-refractivity contribution < 1.29 is 52.1 Å². The van der Waals surface area contributed by atoms with Crippen molar-refractivity contribution in [1.82, 2.24) is 5.32 Å². The SMILES string of the molecule is COc1ccc(NC(=Nc2ccccc2S(=O)(=O)[O-])NC(=O)c2ccccc2)cc1.[Na+]. The van der Waals surface area contributed by atoms with E-state index in [-0.39, 0.29) is 41.2 Å². The number of rotatable bonds is 5. The molecule has 3 aromatic rings. The van der Waals surface area contributed by atoms with Crippen LogP contribution in [0.3, 0.4) is 0 Å². The zero-order valence-electron chi connectivity index (χ0n) is 16.9. The molecular formula is C21H18N3NaO5S. The molecule has 31 heavy (non-hydrogen) atoms. The largest absolute Gasteiger partial charge is 1.00 e. The number of amides is 1. The molecule has 2 N–H and O–H groups in total. The molecule has 0 saturated carbocycles. The minimum Gasteiger partial charge on any atom is -0.744 e. The van der Waals surface area contributed by atoms with Crippen molar-refractivity contribution in [1.29, 1.82) is 0 Å². The topological polar surface area (TPSA) is 120 Å². The first kappa shape index (κ1) is 24.6. The molecule has 0 aliphatic rings. The van der Waals surface area contributed by atoms with Crippen LogP contribution in [0.15, 0.2) is 88.8 Å². The molecule has 3 rings (SSSR count). The van der Waals surface area contributed by atoms with Gasteiger partial charge in [0.2, 0.25) is 5.96 Å². The number of anilines is 1. The molecule has 8 nitrogen and oxygen atoms in total. The number of carbonyl (C=O) groups excluding carboxylic acids is 1. The monoisotopic (exact) mass is 447 g/mol. The van der Waals surface area contributed by atoms with Crippen molar-refractivity contribution in [3.63, 3.8) is 0 Å². The molecule has 0 aliphatic carbocycles. The van der Waals surface area contributed by atoms with Gasteiger partial charge in [0.15, 0.2) is 0 Å². The summed E-state index contributed by atoms with van der Waals surface area (Å²) in [6.07, 6.45) is 0. The molecule has 0 fully saturated rings. The van der Waals surface area contributed by atoms with Crippen molar-refractivity contribution in [2.24, 2.45) is 4.99 Å². The van der Waals surface area contributed by atoms with Crippen LogP contribution in [-0.2, 0) is 10.1 Å². The van der Waals surface area contributed by atoms with Gasteiger partial charge in [-0.3, -0.25) is 10.1 Å². The number of methoxy groups -OCH3 is 1. The first-order valence-electron chi connectivity index (χ1n) is 8.78. The van der Waals surface area contributed by atoms with Gasteiger partial charge in [-0.2, -0.15) is 0 Å². The number of nitrogens with zero attached hydrogens (tertiary/aromatic N) is 1. The van der Waals surface area contributed by atoms with Gasteiger partial charge < -0.3 is 14.6 Å². The zero-order valence-corrected chi connectivity index (χ0v) is 19.7. The van der Waals surface area contributed by atoms with Crippen LogP contribution in [-0.4, -0.2) is 31.9 Å². The van der Waals surface area contributed by atoms with E-state index in [9.17, 15) is 17.8 Å². The van der Waals surface area contributed by atoms with Crippen LogP contribution in [0.1, 0.15) is 10.4 Å². The van der Waals surface area contributed by atoms with Gasteiger partial charge >= 0.3 is 29.6 Å². The smallest absolute Gasteiger partial charge is 0.744 e. The van der Waals surface area contributed by atoms with Crippen LogP contribution in [0, 0.1) is 0 Å². The molecule has 10 heteroatoms. The van der Waals surface area contributed by atoms with E-state index in [0.29, 0.717) is 17.0 Å². The van der Waals surface area contributed by atoms with Crippen molar-refractivity contribution in [2.75, 3.05) is 12.4 Å². The average molecular weight is 447 g/mol.